The van der Waals surface area contributed by atoms with Crippen molar-refractivity contribution in [2.24, 2.45) is 0 Å². The largest absolute Gasteiger partial charge is 0.376 e. The molecule has 7 heteroatoms. The lowest BCUT2D eigenvalue weighted by atomic mass is 10.1. The summed E-state index contributed by atoms with van der Waals surface area (Å²) in [6, 6.07) is 9.22. The highest BCUT2D eigenvalue weighted by molar-refractivity contribution is 5.99. The van der Waals surface area contributed by atoms with Crippen molar-refractivity contribution < 1.29 is 9.53 Å². The van der Waals surface area contributed by atoms with E-state index in [0.29, 0.717) is 23.3 Å². The number of aryl methyl sites for hydroxylation is 1. The van der Waals surface area contributed by atoms with Crippen molar-refractivity contribution in [2.45, 2.75) is 45.9 Å². The SMILES string of the molecule is Cc1cc(C(=O)CN(C)Cc2nc3ccccc3c(=O)[nH]2)c(C)n1C[C@H]1CCCO1. The van der Waals surface area contributed by atoms with Crippen LogP contribution in [0.1, 0.15) is 40.4 Å². The number of nitrogens with zero attached hydrogens (tertiary/aromatic N) is 3. The summed E-state index contributed by atoms with van der Waals surface area (Å²) in [5.41, 5.74) is 3.31. The zero-order chi connectivity index (χ0) is 21.3. The number of ketones is 1. The Morgan fingerprint density at radius 1 is 1.33 bits per heavy atom. The second-order valence-electron chi connectivity index (χ2n) is 8.16. The van der Waals surface area contributed by atoms with E-state index >= 15 is 0 Å². The number of hydrogen-bond donors (Lipinski definition) is 1. The molecule has 0 radical (unpaired) electrons. The van der Waals surface area contributed by atoms with Crippen molar-refractivity contribution in [3.05, 3.63) is 63.5 Å². The van der Waals surface area contributed by atoms with Crippen LogP contribution in [0.2, 0.25) is 0 Å². The van der Waals surface area contributed by atoms with Crippen LogP contribution < -0.4 is 5.56 Å². The van der Waals surface area contributed by atoms with Gasteiger partial charge in [0.05, 0.1) is 30.1 Å². The van der Waals surface area contributed by atoms with E-state index in [1.54, 1.807) is 6.07 Å². The van der Waals surface area contributed by atoms with Crippen molar-refractivity contribution in [2.75, 3.05) is 20.2 Å². The summed E-state index contributed by atoms with van der Waals surface area (Å²) in [5, 5.41) is 0.568. The Labute approximate surface area is 175 Å². The van der Waals surface area contributed by atoms with E-state index in [-0.39, 0.29) is 24.0 Å². The Morgan fingerprint density at radius 3 is 2.90 bits per heavy atom. The number of carbonyl (C=O) groups is 1. The summed E-state index contributed by atoms with van der Waals surface area (Å²) in [4.78, 5) is 34.4. The third kappa shape index (κ3) is 4.22. The van der Waals surface area contributed by atoms with Gasteiger partial charge < -0.3 is 14.3 Å². The van der Waals surface area contributed by atoms with Crippen LogP contribution in [-0.2, 0) is 17.8 Å². The second kappa shape index (κ2) is 8.53. The number of rotatable bonds is 7. The van der Waals surface area contributed by atoms with Crippen LogP contribution in [0.25, 0.3) is 10.9 Å². The fourth-order valence-electron chi connectivity index (χ4n) is 4.21. The fourth-order valence-corrected chi connectivity index (χ4v) is 4.21. The average molecular weight is 409 g/mol. The van der Waals surface area contributed by atoms with Crippen LogP contribution >= 0.6 is 0 Å². The van der Waals surface area contributed by atoms with E-state index in [9.17, 15) is 9.59 Å². The summed E-state index contributed by atoms with van der Waals surface area (Å²) >= 11 is 0. The quantitative estimate of drug-likeness (QED) is 0.608. The molecule has 30 heavy (non-hydrogen) atoms. The molecule has 4 rings (SSSR count). The minimum Gasteiger partial charge on any atom is -0.376 e. The maximum absolute atomic E-state index is 13.0. The van der Waals surface area contributed by atoms with E-state index in [2.05, 4.69) is 14.5 Å². The highest BCUT2D eigenvalue weighted by atomic mass is 16.5. The Morgan fingerprint density at radius 2 is 2.13 bits per heavy atom. The van der Waals surface area contributed by atoms with Crippen molar-refractivity contribution in [1.82, 2.24) is 19.4 Å². The summed E-state index contributed by atoms with van der Waals surface area (Å²) in [5.74, 6) is 0.616. The number of likely N-dealkylation sites (N-methyl/N-ethyl adjacent to an activating group) is 1. The van der Waals surface area contributed by atoms with Gasteiger partial charge in [-0.2, -0.15) is 0 Å². The first-order chi connectivity index (χ1) is 14.4. The molecule has 1 aliphatic rings. The molecule has 2 aromatic heterocycles. The summed E-state index contributed by atoms with van der Waals surface area (Å²) in [7, 11) is 1.86. The van der Waals surface area contributed by atoms with Crippen molar-refractivity contribution >= 4 is 16.7 Å². The molecule has 1 N–H and O–H groups in total. The molecule has 0 bridgehead atoms. The van der Waals surface area contributed by atoms with Gasteiger partial charge in [-0.1, -0.05) is 12.1 Å². The predicted octanol–water partition coefficient (Wildman–Crippen LogP) is 2.84. The van der Waals surface area contributed by atoms with Crippen LogP contribution in [0.15, 0.2) is 35.1 Å². The van der Waals surface area contributed by atoms with E-state index in [4.69, 9.17) is 4.74 Å². The molecule has 1 fully saturated rings. The molecule has 3 heterocycles. The number of aromatic amines is 1. The van der Waals surface area contributed by atoms with Crippen molar-refractivity contribution in [1.29, 1.82) is 0 Å². The molecule has 0 unspecified atom stereocenters. The van der Waals surface area contributed by atoms with E-state index in [1.807, 2.05) is 50.1 Å². The fraction of sp³-hybridized carbons (Fsp3) is 0.435. The van der Waals surface area contributed by atoms with Gasteiger partial charge >= 0.3 is 0 Å². The van der Waals surface area contributed by atoms with E-state index in [0.717, 1.165) is 42.9 Å². The van der Waals surface area contributed by atoms with E-state index in [1.165, 1.54) is 0 Å². The number of H-pyrrole nitrogens is 1. The number of fused-ring (bicyclic) bond motifs is 1. The van der Waals surface area contributed by atoms with Gasteiger partial charge in [0.1, 0.15) is 5.82 Å². The van der Waals surface area contributed by atoms with Gasteiger partial charge in [-0.3, -0.25) is 14.5 Å². The normalized spacial score (nSPS) is 16.6. The van der Waals surface area contributed by atoms with Gasteiger partial charge in [0, 0.05) is 30.1 Å². The van der Waals surface area contributed by atoms with Gasteiger partial charge in [-0.05, 0) is 51.9 Å². The molecule has 1 aliphatic heterocycles. The maximum Gasteiger partial charge on any atom is 0.258 e. The first-order valence-corrected chi connectivity index (χ1v) is 10.4. The van der Waals surface area contributed by atoms with Crippen LogP contribution in [0.4, 0.5) is 0 Å². The van der Waals surface area contributed by atoms with Gasteiger partial charge in [0.25, 0.3) is 5.56 Å². The van der Waals surface area contributed by atoms with Crippen molar-refractivity contribution in [3.8, 4) is 0 Å². The number of ether oxygens (including phenoxy) is 1. The summed E-state index contributed by atoms with van der Waals surface area (Å²) < 4.78 is 7.94. The summed E-state index contributed by atoms with van der Waals surface area (Å²) in [6.45, 7) is 6.29. The number of hydrogen-bond acceptors (Lipinski definition) is 5. The monoisotopic (exact) mass is 408 g/mol. The first kappa shape index (κ1) is 20.5. The number of carbonyl (C=O) groups excluding carboxylic acids is 1. The molecule has 1 saturated heterocycles. The Bertz CT molecular complexity index is 1130. The minimum atomic E-state index is -0.159. The van der Waals surface area contributed by atoms with Crippen LogP contribution in [-0.4, -0.2) is 51.5 Å². The molecular weight excluding hydrogens is 380 g/mol. The Balaban J connectivity index is 1.45. The Hall–Kier alpha value is -2.77. The number of nitrogens with one attached hydrogen (secondary N) is 1. The lowest BCUT2D eigenvalue weighted by Crippen LogP contribution is -2.28. The standard InChI is InChI=1S/C23H28N4O3/c1-15-11-19(16(2)27(15)12-17-7-6-10-30-17)21(28)13-26(3)14-22-24-20-9-5-4-8-18(20)23(29)25-22/h4-5,8-9,11,17H,6-7,10,12-14H2,1-3H3,(H,24,25,29)/t17-/m1/s1. The molecule has 3 aromatic rings. The Kier molecular flexibility index (Phi) is 5.83. The zero-order valence-electron chi connectivity index (χ0n) is 17.8. The first-order valence-electron chi connectivity index (χ1n) is 10.4. The number of benzene rings is 1. The topological polar surface area (TPSA) is 80.2 Å². The average Bonchev–Trinajstić information content (AvgIpc) is 3.31. The smallest absolute Gasteiger partial charge is 0.258 e. The molecule has 158 valence electrons. The summed E-state index contributed by atoms with van der Waals surface area (Å²) in [6.07, 6.45) is 2.40. The highest BCUT2D eigenvalue weighted by Crippen LogP contribution is 2.21. The van der Waals surface area contributed by atoms with Crippen LogP contribution in [0.5, 0.6) is 0 Å². The number of Topliss-reactive ketones (excluding diaryl/α,β-unsaturated/α-hetero) is 1. The molecule has 0 amide bonds. The van der Waals surface area contributed by atoms with Crippen LogP contribution in [0.3, 0.4) is 0 Å². The molecule has 0 spiro atoms. The van der Waals surface area contributed by atoms with E-state index < -0.39 is 0 Å². The predicted molar refractivity (Wildman–Crippen MR) is 116 cm³/mol. The molecule has 1 aromatic carbocycles. The molecule has 0 aliphatic carbocycles. The third-order valence-electron chi connectivity index (χ3n) is 5.78. The number of aromatic nitrogens is 3. The van der Waals surface area contributed by atoms with Gasteiger partial charge in [0.15, 0.2) is 5.78 Å². The maximum atomic E-state index is 13.0. The zero-order valence-corrected chi connectivity index (χ0v) is 17.8. The third-order valence-corrected chi connectivity index (χ3v) is 5.78. The van der Waals surface area contributed by atoms with Gasteiger partial charge in [0.2, 0.25) is 0 Å². The molecule has 7 nitrogen and oxygen atoms in total. The van der Waals surface area contributed by atoms with Crippen molar-refractivity contribution in [3.63, 3.8) is 0 Å². The van der Waals surface area contributed by atoms with Crippen LogP contribution in [0, 0.1) is 13.8 Å². The lowest BCUT2D eigenvalue weighted by molar-refractivity contribution is 0.0931. The van der Waals surface area contributed by atoms with Gasteiger partial charge in [-0.25, -0.2) is 4.98 Å². The van der Waals surface area contributed by atoms with Gasteiger partial charge in [-0.15, -0.1) is 0 Å². The number of para-hydroxylation sites is 1. The molecule has 1 atom stereocenters. The highest BCUT2D eigenvalue weighted by Gasteiger charge is 2.21. The molecule has 0 saturated carbocycles. The minimum absolute atomic E-state index is 0.0623. The molecular formula is C23H28N4O3. The lowest BCUT2D eigenvalue weighted by Gasteiger charge is -2.16. The second-order valence-corrected chi connectivity index (χ2v) is 8.16.